The molecule has 2 atom stereocenters. The van der Waals surface area contributed by atoms with Crippen LogP contribution in [0.5, 0.6) is 0 Å². The molecule has 1 aromatic rings. The summed E-state index contributed by atoms with van der Waals surface area (Å²) in [5.41, 5.74) is 0.410. The fraction of sp³-hybridized carbons (Fsp3) is 0.500. The Hall–Kier alpha value is -1.00. The summed E-state index contributed by atoms with van der Waals surface area (Å²) in [6, 6.07) is 3.20. The van der Waals surface area contributed by atoms with E-state index in [1.165, 1.54) is 12.1 Å². The molecule has 2 N–H and O–H groups in total. The van der Waals surface area contributed by atoms with Gasteiger partial charge in [0.25, 0.3) is 0 Å². The summed E-state index contributed by atoms with van der Waals surface area (Å²) >= 11 is 0. The van der Waals surface area contributed by atoms with Gasteiger partial charge in [0, 0.05) is 23.7 Å². The number of hydrogen-bond acceptors (Lipinski definition) is 2. The van der Waals surface area contributed by atoms with Crippen molar-refractivity contribution in [3.05, 3.63) is 35.4 Å². The SMILES string of the molecule is CCC(CO)NC(C)c1ccc(F)cc1F. The largest absolute Gasteiger partial charge is 0.395 e. The highest BCUT2D eigenvalue weighted by Gasteiger charge is 2.14. The molecule has 2 unspecified atom stereocenters. The van der Waals surface area contributed by atoms with Crippen molar-refractivity contribution in [3.8, 4) is 0 Å². The van der Waals surface area contributed by atoms with Crippen LogP contribution in [0.1, 0.15) is 31.9 Å². The van der Waals surface area contributed by atoms with Gasteiger partial charge in [0.05, 0.1) is 6.61 Å². The zero-order valence-corrected chi connectivity index (χ0v) is 9.50. The normalized spacial score (nSPS) is 14.8. The Balaban J connectivity index is 2.76. The van der Waals surface area contributed by atoms with Crippen molar-refractivity contribution in [2.45, 2.75) is 32.4 Å². The highest BCUT2D eigenvalue weighted by molar-refractivity contribution is 5.21. The fourth-order valence-electron chi connectivity index (χ4n) is 1.60. The Kier molecular flexibility index (Phi) is 4.83. The third kappa shape index (κ3) is 3.25. The first-order valence-corrected chi connectivity index (χ1v) is 5.40. The number of hydrogen-bond donors (Lipinski definition) is 2. The zero-order chi connectivity index (χ0) is 12.1. The van der Waals surface area contributed by atoms with Gasteiger partial charge >= 0.3 is 0 Å². The minimum Gasteiger partial charge on any atom is -0.395 e. The predicted molar refractivity (Wildman–Crippen MR) is 59.1 cm³/mol. The Morgan fingerprint density at radius 1 is 1.38 bits per heavy atom. The fourth-order valence-corrected chi connectivity index (χ4v) is 1.60. The summed E-state index contributed by atoms with van der Waals surface area (Å²) in [7, 11) is 0. The van der Waals surface area contributed by atoms with E-state index in [1.807, 2.05) is 6.92 Å². The van der Waals surface area contributed by atoms with E-state index in [-0.39, 0.29) is 18.7 Å². The second-order valence-electron chi connectivity index (χ2n) is 3.84. The highest BCUT2D eigenvalue weighted by atomic mass is 19.1. The van der Waals surface area contributed by atoms with E-state index in [0.717, 1.165) is 12.5 Å². The first-order valence-electron chi connectivity index (χ1n) is 5.40. The van der Waals surface area contributed by atoms with E-state index in [4.69, 9.17) is 5.11 Å². The van der Waals surface area contributed by atoms with Crippen LogP contribution in [-0.4, -0.2) is 17.8 Å². The minimum absolute atomic E-state index is 0.00362. The molecular weight excluding hydrogens is 212 g/mol. The van der Waals surface area contributed by atoms with Crippen molar-refractivity contribution < 1.29 is 13.9 Å². The van der Waals surface area contributed by atoms with Gasteiger partial charge in [-0.3, -0.25) is 0 Å². The van der Waals surface area contributed by atoms with Crippen molar-refractivity contribution in [1.29, 1.82) is 0 Å². The van der Waals surface area contributed by atoms with Crippen LogP contribution in [0.15, 0.2) is 18.2 Å². The van der Waals surface area contributed by atoms with E-state index in [9.17, 15) is 8.78 Å². The van der Waals surface area contributed by atoms with Crippen molar-refractivity contribution >= 4 is 0 Å². The Morgan fingerprint density at radius 2 is 2.06 bits per heavy atom. The summed E-state index contributed by atoms with van der Waals surface area (Å²) in [6.45, 7) is 3.72. The molecule has 4 heteroatoms. The van der Waals surface area contributed by atoms with Crippen molar-refractivity contribution in [1.82, 2.24) is 5.32 Å². The Morgan fingerprint density at radius 3 is 2.56 bits per heavy atom. The number of benzene rings is 1. The average Bonchev–Trinajstić information content (AvgIpc) is 2.25. The number of aliphatic hydroxyl groups excluding tert-OH is 1. The molecule has 1 rings (SSSR count). The van der Waals surface area contributed by atoms with E-state index in [1.54, 1.807) is 6.92 Å². The molecule has 0 heterocycles. The summed E-state index contributed by atoms with van der Waals surface area (Å²) in [6.07, 6.45) is 0.754. The zero-order valence-electron chi connectivity index (χ0n) is 9.50. The molecule has 0 amide bonds. The van der Waals surface area contributed by atoms with Crippen molar-refractivity contribution in [2.24, 2.45) is 0 Å². The highest BCUT2D eigenvalue weighted by Crippen LogP contribution is 2.18. The van der Waals surface area contributed by atoms with Crippen LogP contribution in [0.25, 0.3) is 0 Å². The van der Waals surface area contributed by atoms with Crippen molar-refractivity contribution in [2.75, 3.05) is 6.61 Å². The van der Waals surface area contributed by atoms with Gasteiger partial charge in [-0.1, -0.05) is 13.0 Å². The summed E-state index contributed by atoms with van der Waals surface area (Å²) in [5.74, 6) is -1.14. The lowest BCUT2D eigenvalue weighted by atomic mass is 10.1. The monoisotopic (exact) mass is 229 g/mol. The molecule has 16 heavy (non-hydrogen) atoms. The second-order valence-corrected chi connectivity index (χ2v) is 3.84. The van der Waals surface area contributed by atoms with Crippen LogP contribution >= 0.6 is 0 Å². The quantitative estimate of drug-likeness (QED) is 0.812. The first-order chi connectivity index (χ1) is 7.58. The molecule has 1 aromatic carbocycles. The number of halogens is 2. The lowest BCUT2D eigenvalue weighted by Crippen LogP contribution is -2.34. The molecule has 0 bridgehead atoms. The van der Waals surface area contributed by atoms with Gasteiger partial charge in [-0.2, -0.15) is 0 Å². The molecule has 0 spiro atoms. The molecule has 0 saturated carbocycles. The lowest BCUT2D eigenvalue weighted by molar-refractivity contribution is 0.229. The van der Waals surface area contributed by atoms with Gasteiger partial charge in [0.1, 0.15) is 11.6 Å². The van der Waals surface area contributed by atoms with Crippen LogP contribution in [0.4, 0.5) is 8.78 Å². The predicted octanol–water partition coefficient (Wildman–Crippen LogP) is 2.39. The van der Waals surface area contributed by atoms with Gasteiger partial charge in [0.15, 0.2) is 0 Å². The number of aliphatic hydroxyl groups is 1. The number of rotatable bonds is 5. The first kappa shape index (κ1) is 13.1. The van der Waals surface area contributed by atoms with Gasteiger partial charge in [-0.05, 0) is 19.4 Å². The van der Waals surface area contributed by atoms with Crippen LogP contribution in [-0.2, 0) is 0 Å². The maximum atomic E-state index is 13.4. The van der Waals surface area contributed by atoms with E-state index < -0.39 is 11.6 Å². The molecule has 90 valence electrons. The van der Waals surface area contributed by atoms with Gasteiger partial charge < -0.3 is 10.4 Å². The summed E-state index contributed by atoms with van der Waals surface area (Å²) in [5, 5.41) is 12.1. The van der Waals surface area contributed by atoms with Crippen LogP contribution in [0.3, 0.4) is 0 Å². The van der Waals surface area contributed by atoms with E-state index in [2.05, 4.69) is 5.32 Å². The Bertz CT molecular complexity index is 340. The molecule has 0 aliphatic heterocycles. The van der Waals surface area contributed by atoms with Crippen molar-refractivity contribution in [3.63, 3.8) is 0 Å². The van der Waals surface area contributed by atoms with Crippen LogP contribution in [0, 0.1) is 11.6 Å². The van der Waals surface area contributed by atoms with E-state index in [0.29, 0.717) is 5.56 Å². The average molecular weight is 229 g/mol. The smallest absolute Gasteiger partial charge is 0.130 e. The second kappa shape index (κ2) is 5.92. The minimum atomic E-state index is -0.581. The molecule has 0 radical (unpaired) electrons. The number of nitrogens with one attached hydrogen (secondary N) is 1. The molecular formula is C12H17F2NO. The third-order valence-corrected chi connectivity index (χ3v) is 2.63. The lowest BCUT2D eigenvalue weighted by Gasteiger charge is -2.21. The molecule has 0 fully saturated rings. The van der Waals surface area contributed by atoms with Gasteiger partial charge in [-0.25, -0.2) is 8.78 Å². The van der Waals surface area contributed by atoms with E-state index >= 15 is 0 Å². The topological polar surface area (TPSA) is 32.3 Å². The molecule has 2 nitrogen and oxygen atoms in total. The maximum absolute atomic E-state index is 13.4. The van der Waals surface area contributed by atoms with Crippen LogP contribution in [0.2, 0.25) is 0 Å². The molecule has 0 aliphatic rings. The molecule has 0 saturated heterocycles. The third-order valence-electron chi connectivity index (χ3n) is 2.63. The summed E-state index contributed by atoms with van der Waals surface area (Å²) in [4.78, 5) is 0. The summed E-state index contributed by atoms with van der Waals surface area (Å²) < 4.78 is 26.1. The molecule has 0 aliphatic carbocycles. The van der Waals surface area contributed by atoms with Gasteiger partial charge in [-0.15, -0.1) is 0 Å². The standard InChI is InChI=1S/C12H17F2NO/c1-3-10(7-16)15-8(2)11-5-4-9(13)6-12(11)14/h4-6,8,10,15-16H,3,7H2,1-2H3. The van der Waals surface area contributed by atoms with Crippen LogP contribution < -0.4 is 5.32 Å². The Labute approximate surface area is 94.3 Å². The van der Waals surface area contributed by atoms with Gasteiger partial charge in [0.2, 0.25) is 0 Å². The molecule has 0 aromatic heterocycles. The maximum Gasteiger partial charge on any atom is 0.130 e.